The molecule has 2 aromatic carbocycles. The van der Waals surface area contributed by atoms with Gasteiger partial charge in [0.25, 0.3) is 20.0 Å². The Morgan fingerprint density at radius 1 is 0.477 bits per heavy atom. The first-order valence-electron chi connectivity index (χ1n) is 31.9. The van der Waals surface area contributed by atoms with E-state index >= 15 is 0 Å². The van der Waals surface area contributed by atoms with Crippen LogP contribution in [0.2, 0.25) is 77.1 Å². The van der Waals surface area contributed by atoms with Gasteiger partial charge in [0.1, 0.15) is 11.5 Å². The van der Waals surface area contributed by atoms with E-state index in [9.17, 15) is 35.6 Å². The number of pyridine rings is 5. The van der Waals surface area contributed by atoms with Crippen molar-refractivity contribution in [1.82, 2.24) is 28.9 Å². The van der Waals surface area contributed by atoms with Crippen molar-refractivity contribution in [2.75, 3.05) is 60.0 Å². The minimum absolute atomic E-state index is 0. The summed E-state index contributed by atoms with van der Waals surface area (Å²) >= 11 is 0. The van der Waals surface area contributed by atoms with Crippen molar-refractivity contribution >= 4 is 50.2 Å². The first-order chi connectivity index (χ1) is 46.9. The molecule has 0 saturated carbocycles. The Morgan fingerprint density at radius 3 is 1.15 bits per heavy atom. The zero-order valence-corrected chi connectivity index (χ0v) is 70.9. The molecule has 0 radical (unpaired) electrons. The summed E-state index contributed by atoms with van der Waals surface area (Å²) in [4.78, 5) is 28.5. The van der Waals surface area contributed by atoms with E-state index in [-0.39, 0.29) is 164 Å². The smallest absolute Gasteiger partial charge is 0.855 e. The van der Waals surface area contributed by atoms with Gasteiger partial charge in [0.05, 0.1) is 51.7 Å². The van der Waals surface area contributed by atoms with Crippen LogP contribution in [0.5, 0.6) is 40.2 Å². The van der Waals surface area contributed by atoms with Crippen LogP contribution in [0.3, 0.4) is 0 Å². The van der Waals surface area contributed by atoms with E-state index < -0.39 is 81.2 Å². The van der Waals surface area contributed by atoms with Crippen LogP contribution in [-0.2, 0) is 34.3 Å². The molecule has 0 bridgehead atoms. The minimum atomic E-state index is -4.77. The van der Waals surface area contributed by atoms with Crippen molar-refractivity contribution in [2.24, 2.45) is 0 Å². The van der Waals surface area contributed by atoms with Gasteiger partial charge in [-0.1, -0.05) is 162 Å². The van der Waals surface area contributed by atoms with Crippen LogP contribution in [0.1, 0.15) is 132 Å². The maximum absolute atomic E-state index is 14.0. The first-order valence-corrected chi connectivity index (χ1v) is 45.9. The van der Waals surface area contributed by atoms with Crippen LogP contribution in [-0.4, -0.2) is 151 Å². The summed E-state index contributed by atoms with van der Waals surface area (Å²) in [5.41, 5.74) is -0.397. The number of sulfonamides is 2. The second-order valence-corrected chi connectivity index (χ2v) is 45.8. The molecular formula is C78H139F2Li2N6NaO17S2Si3. The Bertz CT molecular complexity index is 3370. The van der Waals surface area contributed by atoms with Crippen molar-refractivity contribution in [2.45, 2.75) is 209 Å². The molecule has 3 N–H and O–H groups in total. The molecule has 0 unspecified atom stereocenters. The number of ether oxygens (including phenoxy) is 8. The Hall–Kier alpha value is -5.33. The summed E-state index contributed by atoms with van der Waals surface area (Å²) < 4.78 is 116. The molecule has 23 nitrogen and oxygen atoms in total. The number of nitrogens with zero attached hydrogens (tertiary/aromatic N) is 6. The summed E-state index contributed by atoms with van der Waals surface area (Å²) in [6, 6.07) is 27.8. The van der Waals surface area contributed by atoms with Crippen molar-refractivity contribution in [3.05, 3.63) is 182 Å². The third-order valence-corrected chi connectivity index (χ3v) is 19.6. The molecule has 0 amide bonds. The average molecular weight is 1660 g/mol. The SMILES string of the molecule is C.C.C.C.C.C.C.C.CCOc1ccnc(C(=O)O)c1O.CCOc1ccncc1OCOCC[Si](C)(C)C.CC[O-].C[C-](C)C.C[C-](C)C.C[Si](C)(C)CCOCOc1cccnc1.C[Si](C)(C)CCOCOc1cnccc1F.O=S(=O)(c1ccccc1)N(F)S(=O)(=O)c1ccccc1.Oc1cccnc1.[Li+].[Li+].[Na+]. The van der Waals surface area contributed by atoms with Gasteiger partial charge < -0.3 is 70.2 Å². The van der Waals surface area contributed by atoms with Gasteiger partial charge in [-0.25, -0.2) is 31.0 Å². The van der Waals surface area contributed by atoms with E-state index in [4.69, 9.17) is 53.2 Å². The molecular weight excluding hydrogens is 1520 g/mol. The van der Waals surface area contributed by atoms with Gasteiger partial charge in [-0.2, -0.15) is 41.5 Å². The normalized spacial score (nSPS) is 9.77. The molecule has 0 aliphatic carbocycles. The number of carbonyl (C=O) groups is 1. The zero-order valence-electron chi connectivity index (χ0n) is 64.3. The summed E-state index contributed by atoms with van der Waals surface area (Å²) in [5, 5.41) is 35.4. The second-order valence-electron chi connectivity index (χ2n) is 25.2. The van der Waals surface area contributed by atoms with Crippen LogP contribution < -0.4 is 96.1 Å². The van der Waals surface area contributed by atoms with E-state index in [2.05, 4.69) is 125 Å². The molecule has 0 aliphatic heterocycles. The molecule has 7 rings (SSSR count). The van der Waals surface area contributed by atoms with Gasteiger partial charge in [0.2, 0.25) is 0 Å². The molecule has 111 heavy (non-hydrogen) atoms. The fraction of sp³-hybridized carbons (Fsp3) is 0.487. The number of rotatable bonds is 27. The third-order valence-electron chi connectivity index (χ3n) is 10.8. The van der Waals surface area contributed by atoms with Crippen LogP contribution >= 0.6 is 0 Å². The fourth-order valence-electron chi connectivity index (χ4n) is 5.98. The predicted octanol–water partition coefficient (Wildman–Crippen LogP) is 11.2. The summed E-state index contributed by atoms with van der Waals surface area (Å²) in [5.74, 6) is 3.28. The monoisotopic (exact) mass is 1650 g/mol. The molecule has 0 fully saturated rings. The molecule has 0 atom stereocenters. The molecule has 0 saturated heterocycles. The maximum Gasteiger partial charge on any atom is 1.00 e. The molecule has 624 valence electrons. The van der Waals surface area contributed by atoms with Gasteiger partial charge in [-0.15, -0.1) is 11.1 Å². The Balaban J connectivity index is -0.0000000912. The standard InChI is InChI=1S/C13H23NO3Si.C12H10FNO4S2.C11H18FNO2Si.C11H19NO2Si.C8H9NO4.C5H5NO.2C4H9.C2H5O.8CH4.2Li.Na/c1-5-16-12-6-7-14-10-13(12)17-11-15-8-9-18(2,3)4;13-14(19(15,16)11-7-3-1-4-8-11)20(17,18)12-9-5-2-6-10-12;1-16(2,3)7-6-14-9-15-11-8-13-5-4-10(11)12;1-15(2,3)8-7-13-10-14-11-5-4-6-12-9-11;1-2-13-5-3-4-9-6(7(5)10)8(11)12;7-5-2-1-3-6-4-5;2*1-4(2)3;1-2-3;;;;;;;;;;;/h6-7,10H,5,8-9,11H2,1-4H3;1-10H;4-5,8H,6-7,9H2,1-3H3;4-6,9H,7-8,10H2,1-3H3;3-4,10H,2H2,1H3,(H,11,12);1-4,7H;2*1-3H3;2H2,1H3;8*1H4;;;/q;;;;;;3*-1;;;;;;;;;3*+1. The maximum atomic E-state index is 14.0. The largest absolute Gasteiger partial charge is 1.00 e. The fourth-order valence-corrected chi connectivity index (χ4v) is 11.1. The molecule has 33 heteroatoms. The van der Waals surface area contributed by atoms with E-state index in [1.807, 2.05) is 19.1 Å². The van der Waals surface area contributed by atoms with Crippen LogP contribution in [0.25, 0.3) is 0 Å². The number of halogens is 2. The minimum Gasteiger partial charge on any atom is -0.855 e. The third kappa shape index (κ3) is 72.1. The second kappa shape index (κ2) is 77.3. The number of benzene rings is 2. The van der Waals surface area contributed by atoms with Gasteiger partial charge in [0.15, 0.2) is 60.6 Å². The van der Waals surface area contributed by atoms with Crippen LogP contribution in [0, 0.1) is 17.7 Å². The average Bonchev–Trinajstić information content (AvgIpc) is 0.777. The number of carboxylic acid groups (broad SMARTS) is 1. The van der Waals surface area contributed by atoms with E-state index in [0.29, 0.717) is 38.1 Å². The Labute approximate surface area is 720 Å². The number of aromatic hydroxyl groups is 2. The number of hydrogen-bond donors (Lipinski definition) is 3. The van der Waals surface area contributed by atoms with E-state index in [1.54, 1.807) is 63.0 Å². The van der Waals surface area contributed by atoms with Crippen LogP contribution in [0.4, 0.5) is 8.87 Å². The summed E-state index contributed by atoms with van der Waals surface area (Å²) in [7, 11) is -12.6. The van der Waals surface area contributed by atoms with E-state index in [1.165, 1.54) is 91.2 Å². The summed E-state index contributed by atoms with van der Waals surface area (Å²) in [6.45, 7) is 42.3. The number of hydrogen-bond acceptors (Lipinski definition) is 21. The van der Waals surface area contributed by atoms with Crippen molar-refractivity contribution in [3.8, 4) is 40.2 Å². The van der Waals surface area contributed by atoms with Gasteiger partial charge in [-0.05, 0) is 86.6 Å². The number of carboxylic acids is 1. The zero-order chi connectivity index (χ0) is 76.2. The molecule has 0 aliphatic rings. The van der Waals surface area contributed by atoms with Crippen molar-refractivity contribution in [3.63, 3.8) is 0 Å². The topological polar surface area (TPSA) is 311 Å². The number of aromatic nitrogens is 5. The Kier molecular flexibility index (Phi) is 93.8. The first kappa shape index (κ1) is 135. The molecule has 5 aromatic heterocycles. The van der Waals surface area contributed by atoms with Gasteiger partial charge in [0, 0.05) is 87.2 Å². The Morgan fingerprint density at radius 2 is 0.820 bits per heavy atom. The quantitative estimate of drug-likeness (QED) is 0.0142. The number of aromatic carboxylic acids is 1. The predicted molar refractivity (Wildman–Crippen MR) is 448 cm³/mol. The van der Waals surface area contributed by atoms with Gasteiger partial charge >= 0.3 is 73.2 Å². The van der Waals surface area contributed by atoms with Gasteiger partial charge in [-0.3, -0.25) is 19.9 Å². The van der Waals surface area contributed by atoms with E-state index in [0.717, 1.165) is 55.3 Å². The molecule has 0 spiro atoms. The molecule has 5 heterocycles. The molecule has 7 aromatic rings. The summed E-state index contributed by atoms with van der Waals surface area (Å²) in [6.07, 6.45) is 13.7. The van der Waals surface area contributed by atoms with Crippen LogP contribution in [0.15, 0.2) is 169 Å². The van der Waals surface area contributed by atoms with Crippen molar-refractivity contribution in [1.29, 1.82) is 0 Å². The van der Waals surface area contributed by atoms with Crippen molar-refractivity contribution < 1.29 is 156 Å².